The van der Waals surface area contributed by atoms with Crippen LogP contribution in [-0.4, -0.2) is 36.6 Å². The fraction of sp³-hybridized carbons (Fsp3) is 0.857. The molecule has 1 saturated heterocycles. The normalized spacial score (nSPS) is 23.7. The van der Waals surface area contributed by atoms with Crippen LogP contribution in [0.25, 0.3) is 0 Å². The van der Waals surface area contributed by atoms with Crippen LogP contribution in [0.4, 0.5) is 0 Å². The second-order valence-electron chi connectivity index (χ2n) is 5.12. The lowest BCUT2D eigenvalue weighted by molar-refractivity contribution is 0.0461. The molecule has 2 heteroatoms. The Kier molecular flexibility index (Phi) is 5.50. The van der Waals surface area contributed by atoms with E-state index in [1.807, 2.05) is 6.08 Å². The van der Waals surface area contributed by atoms with E-state index in [1.165, 1.54) is 38.8 Å². The number of piperidine rings is 1. The summed E-state index contributed by atoms with van der Waals surface area (Å²) in [6, 6.07) is 0.521. The molecule has 16 heavy (non-hydrogen) atoms. The summed E-state index contributed by atoms with van der Waals surface area (Å²) in [5.41, 5.74) is 0.281. The van der Waals surface area contributed by atoms with Gasteiger partial charge in [0.15, 0.2) is 0 Å². The van der Waals surface area contributed by atoms with Crippen molar-refractivity contribution < 1.29 is 0 Å². The van der Waals surface area contributed by atoms with Gasteiger partial charge in [-0.15, -0.1) is 6.58 Å². The number of rotatable bonds is 6. The van der Waals surface area contributed by atoms with Crippen LogP contribution in [0.2, 0.25) is 0 Å². The molecule has 1 fully saturated rings. The maximum atomic E-state index is 3.88. The molecule has 2 unspecified atom stereocenters. The molecule has 0 bridgehead atoms. The van der Waals surface area contributed by atoms with Crippen molar-refractivity contribution in [3.8, 4) is 0 Å². The van der Waals surface area contributed by atoms with Gasteiger partial charge in [-0.3, -0.25) is 4.90 Å². The average molecular weight is 224 g/mol. The Morgan fingerprint density at radius 2 is 2.00 bits per heavy atom. The summed E-state index contributed by atoms with van der Waals surface area (Å²) in [5, 5.41) is 3.48. The zero-order chi connectivity index (χ0) is 12.0. The molecule has 0 aliphatic carbocycles. The second-order valence-corrected chi connectivity index (χ2v) is 5.12. The van der Waals surface area contributed by atoms with Crippen LogP contribution in [-0.2, 0) is 0 Å². The Hall–Kier alpha value is -0.340. The number of hydrogen-bond donors (Lipinski definition) is 1. The number of hydrogen-bond acceptors (Lipinski definition) is 2. The molecule has 0 aromatic carbocycles. The van der Waals surface area contributed by atoms with Crippen molar-refractivity contribution in [3.05, 3.63) is 12.7 Å². The SMILES string of the molecule is C=CCC(NC)C(C)(CC)N1CCCCC1. The van der Waals surface area contributed by atoms with Crippen molar-refractivity contribution in [2.45, 2.75) is 57.5 Å². The van der Waals surface area contributed by atoms with Crippen LogP contribution in [0.15, 0.2) is 12.7 Å². The summed E-state index contributed by atoms with van der Waals surface area (Å²) in [7, 11) is 2.08. The van der Waals surface area contributed by atoms with E-state index in [0.717, 1.165) is 6.42 Å². The summed E-state index contributed by atoms with van der Waals surface area (Å²) in [5.74, 6) is 0. The van der Waals surface area contributed by atoms with Gasteiger partial charge in [-0.2, -0.15) is 0 Å². The van der Waals surface area contributed by atoms with Crippen LogP contribution >= 0.6 is 0 Å². The lowest BCUT2D eigenvalue weighted by atomic mass is 9.84. The van der Waals surface area contributed by atoms with E-state index >= 15 is 0 Å². The third-order valence-corrected chi connectivity index (χ3v) is 4.30. The molecule has 0 aromatic rings. The summed E-state index contributed by atoms with van der Waals surface area (Å²) in [4.78, 5) is 2.68. The predicted octanol–water partition coefficient (Wildman–Crippen LogP) is 2.81. The molecule has 0 amide bonds. The van der Waals surface area contributed by atoms with Gasteiger partial charge in [0, 0.05) is 11.6 Å². The second kappa shape index (κ2) is 6.41. The first-order valence-corrected chi connectivity index (χ1v) is 6.72. The molecule has 0 radical (unpaired) electrons. The van der Waals surface area contributed by atoms with Crippen LogP contribution in [0.1, 0.15) is 46.0 Å². The van der Waals surface area contributed by atoms with Crippen molar-refractivity contribution in [2.24, 2.45) is 0 Å². The van der Waals surface area contributed by atoms with Gasteiger partial charge in [0.05, 0.1) is 0 Å². The summed E-state index contributed by atoms with van der Waals surface area (Å²) >= 11 is 0. The van der Waals surface area contributed by atoms with Crippen LogP contribution in [0.5, 0.6) is 0 Å². The summed E-state index contributed by atoms with van der Waals surface area (Å²) in [6.07, 6.45) is 8.42. The molecule has 0 saturated carbocycles. The summed E-state index contributed by atoms with van der Waals surface area (Å²) < 4.78 is 0. The highest BCUT2D eigenvalue weighted by molar-refractivity contribution is 4.99. The Morgan fingerprint density at radius 1 is 1.38 bits per heavy atom. The zero-order valence-electron chi connectivity index (χ0n) is 11.3. The Balaban J connectivity index is 2.75. The van der Waals surface area contributed by atoms with Crippen molar-refractivity contribution in [2.75, 3.05) is 20.1 Å². The Morgan fingerprint density at radius 3 is 2.44 bits per heavy atom. The number of nitrogens with one attached hydrogen (secondary N) is 1. The largest absolute Gasteiger partial charge is 0.315 e. The number of likely N-dealkylation sites (tertiary alicyclic amines) is 1. The first-order valence-electron chi connectivity index (χ1n) is 6.72. The monoisotopic (exact) mass is 224 g/mol. The topological polar surface area (TPSA) is 15.3 Å². The molecule has 0 spiro atoms. The smallest absolute Gasteiger partial charge is 0.0334 e. The van der Waals surface area contributed by atoms with Gasteiger partial charge in [0.2, 0.25) is 0 Å². The minimum Gasteiger partial charge on any atom is -0.315 e. The molecule has 1 rings (SSSR count). The van der Waals surface area contributed by atoms with E-state index in [4.69, 9.17) is 0 Å². The van der Waals surface area contributed by atoms with E-state index in [9.17, 15) is 0 Å². The molecular weight excluding hydrogens is 196 g/mol. The maximum Gasteiger partial charge on any atom is 0.0334 e. The van der Waals surface area contributed by atoms with Gasteiger partial charge in [-0.25, -0.2) is 0 Å². The lowest BCUT2D eigenvalue weighted by Crippen LogP contribution is -2.59. The zero-order valence-corrected chi connectivity index (χ0v) is 11.3. The fourth-order valence-corrected chi connectivity index (χ4v) is 2.94. The lowest BCUT2D eigenvalue weighted by Gasteiger charge is -2.48. The molecule has 1 aliphatic heterocycles. The number of nitrogens with zero attached hydrogens (tertiary/aromatic N) is 1. The predicted molar refractivity (Wildman–Crippen MR) is 71.8 cm³/mol. The van der Waals surface area contributed by atoms with Gasteiger partial charge >= 0.3 is 0 Å². The third-order valence-electron chi connectivity index (χ3n) is 4.30. The van der Waals surface area contributed by atoms with E-state index in [-0.39, 0.29) is 5.54 Å². The molecule has 2 atom stereocenters. The fourth-order valence-electron chi connectivity index (χ4n) is 2.94. The standard InChI is InChI=1S/C14H28N2/c1-5-10-13(15-4)14(3,6-2)16-11-8-7-9-12-16/h5,13,15H,1,6-12H2,2-4H3. The highest BCUT2D eigenvalue weighted by atomic mass is 15.2. The van der Waals surface area contributed by atoms with Gasteiger partial charge in [-0.05, 0) is 52.7 Å². The van der Waals surface area contributed by atoms with E-state index in [0.29, 0.717) is 6.04 Å². The van der Waals surface area contributed by atoms with Crippen molar-refractivity contribution in [3.63, 3.8) is 0 Å². The Labute approximate surface area is 101 Å². The molecule has 1 N–H and O–H groups in total. The van der Waals surface area contributed by atoms with Crippen LogP contribution in [0, 0.1) is 0 Å². The minimum atomic E-state index is 0.281. The first-order chi connectivity index (χ1) is 7.69. The minimum absolute atomic E-state index is 0.281. The van der Waals surface area contributed by atoms with Crippen molar-refractivity contribution in [1.82, 2.24) is 10.2 Å². The molecule has 0 aromatic heterocycles. The van der Waals surface area contributed by atoms with E-state index in [1.54, 1.807) is 0 Å². The van der Waals surface area contributed by atoms with Crippen molar-refractivity contribution >= 4 is 0 Å². The first kappa shape index (κ1) is 13.7. The highest BCUT2D eigenvalue weighted by Crippen LogP contribution is 2.28. The van der Waals surface area contributed by atoms with Gasteiger partial charge in [0.1, 0.15) is 0 Å². The third kappa shape index (κ3) is 2.86. The van der Waals surface area contributed by atoms with Crippen LogP contribution < -0.4 is 5.32 Å². The quantitative estimate of drug-likeness (QED) is 0.698. The molecular formula is C14H28N2. The Bertz CT molecular complexity index is 209. The highest BCUT2D eigenvalue weighted by Gasteiger charge is 2.37. The average Bonchev–Trinajstić information content (AvgIpc) is 2.36. The van der Waals surface area contributed by atoms with E-state index < -0.39 is 0 Å². The molecule has 1 aliphatic rings. The number of likely N-dealkylation sites (N-methyl/N-ethyl adjacent to an activating group) is 1. The molecule has 94 valence electrons. The maximum absolute atomic E-state index is 3.88. The van der Waals surface area contributed by atoms with Crippen molar-refractivity contribution in [1.29, 1.82) is 0 Å². The van der Waals surface area contributed by atoms with Gasteiger partial charge in [0.25, 0.3) is 0 Å². The molecule has 2 nitrogen and oxygen atoms in total. The molecule has 1 heterocycles. The van der Waals surface area contributed by atoms with E-state index in [2.05, 4.69) is 37.7 Å². The van der Waals surface area contributed by atoms with Gasteiger partial charge in [-0.1, -0.05) is 19.4 Å². The summed E-state index contributed by atoms with van der Waals surface area (Å²) in [6.45, 7) is 11.1. The van der Waals surface area contributed by atoms with Gasteiger partial charge < -0.3 is 5.32 Å². The van der Waals surface area contributed by atoms with Crippen LogP contribution in [0.3, 0.4) is 0 Å².